The maximum atomic E-state index is 14.8. The van der Waals surface area contributed by atoms with Crippen molar-refractivity contribution in [3.05, 3.63) is 64.2 Å². The van der Waals surface area contributed by atoms with E-state index in [1.54, 1.807) is 43.5 Å². The smallest absolute Gasteiger partial charge is 0.261 e. The Morgan fingerprint density at radius 2 is 1.97 bits per heavy atom. The molecule has 0 aliphatic heterocycles. The van der Waals surface area contributed by atoms with E-state index >= 15 is 0 Å². The topological polar surface area (TPSA) is 80.5 Å². The predicted molar refractivity (Wildman–Crippen MR) is 127 cm³/mol. The molecule has 0 fully saturated rings. The molecule has 0 unspecified atom stereocenters. The van der Waals surface area contributed by atoms with Crippen LogP contribution in [0.5, 0.6) is 11.5 Å². The van der Waals surface area contributed by atoms with Crippen LogP contribution in [0.25, 0.3) is 10.2 Å². The predicted octanol–water partition coefficient (Wildman–Crippen LogP) is 5.93. The van der Waals surface area contributed by atoms with Crippen LogP contribution in [0.3, 0.4) is 0 Å². The molecule has 4 aromatic rings. The molecule has 0 atom stereocenters. The summed E-state index contributed by atoms with van der Waals surface area (Å²) in [6.45, 7) is 10.4. The third kappa shape index (κ3) is 4.89. The van der Waals surface area contributed by atoms with Crippen molar-refractivity contribution >= 4 is 33.1 Å². The monoisotopic (exact) mass is 468 g/mol. The molecular weight excluding hydrogens is 443 g/mol. The highest BCUT2D eigenvalue weighted by Crippen LogP contribution is 2.36. The summed E-state index contributed by atoms with van der Waals surface area (Å²) < 4.78 is 26.6. The van der Waals surface area contributed by atoms with E-state index in [4.69, 9.17) is 9.26 Å². The molecule has 33 heavy (non-hydrogen) atoms. The number of ether oxygens (including phenoxy) is 1. The van der Waals surface area contributed by atoms with Crippen molar-refractivity contribution in [2.24, 2.45) is 0 Å². The van der Waals surface area contributed by atoms with Gasteiger partial charge in [-0.15, -0.1) is 11.3 Å². The quantitative estimate of drug-likeness (QED) is 0.345. The van der Waals surface area contributed by atoms with Crippen molar-refractivity contribution in [2.75, 3.05) is 18.4 Å². The zero-order valence-electron chi connectivity index (χ0n) is 18.9. The fourth-order valence-electron chi connectivity index (χ4n) is 3.57. The number of thiophene rings is 1. The normalized spacial score (nSPS) is 11.3. The maximum Gasteiger partial charge on any atom is 0.261 e. The van der Waals surface area contributed by atoms with E-state index in [0.717, 1.165) is 29.9 Å². The summed E-state index contributed by atoms with van der Waals surface area (Å²) in [6, 6.07) is 8.09. The van der Waals surface area contributed by atoms with Gasteiger partial charge in [0.1, 0.15) is 17.1 Å². The van der Waals surface area contributed by atoms with Crippen molar-refractivity contribution in [1.29, 1.82) is 0 Å². The molecule has 0 radical (unpaired) electrons. The molecule has 9 heteroatoms. The van der Waals surface area contributed by atoms with E-state index in [-0.39, 0.29) is 5.75 Å². The van der Waals surface area contributed by atoms with Gasteiger partial charge >= 0.3 is 0 Å². The number of carbonyl (C=O) groups excluding carboxylic acids is 1. The number of anilines is 1. The minimum Gasteiger partial charge on any atom is -0.453 e. The molecule has 1 amide bonds. The van der Waals surface area contributed by atoms with Gasteiger partial charge in [0.15, 0.2) is 11.6 Å². The Kier molecular flexibility index (Phi) is 6.71. The zero-order valence-corrected chi connectivity index (χ0v) is 19.8. The highest BCUT2D eigenvalue weighted by atomic mass is 32.1. The number of aromatic nitrogens is 2. The molecule has 3 heterocycles. The van der Waals surface area contributed by atoms with Crippen LogP contribution in [0.4, 0.5) is 10.1 Å². The van der Waals surface area contributed by atoms with Crippen LogP contribution in [0.15, 0.2) is 41.1 Å². The lowest BCUT2D eigenvalue weighted by molar-refractivity contribution is 0.102. The van der Waals surface area contributed by atoms with Crippen LogP contribution < -0.4 is 10.1 Å². The molecule has 7 nitrogen and oxygen atoms in total. The van der Waals surface area contributed by atoms with Crippen LogP contribution in [0, 0.1) is 19.7 Å². The summed E-state index contributed by atoms with van der Waals surface area (Å²) in [4.78, 5) is 20.4. The molecule has 3 aromatic heterocycles. The lowest BCUT2D eigenvalue weighted by Crippen LogP contribution is -2.21. The second-order valence-corrected chi connectivity index (χ2v) is 8.73. The van der Waals surface area contributed by atoms with Gasteiger partial charge in [-0.05, 0) is 45.1 Å². The van der Waals surface area contributed by atoms with E-state index < -0.39 is 11.7 Å². The average molecular weight is 469 g/mol. The summed E-state index contributed by atoms with van der Waals surface area (Å²) in [7, 11) is 0. The number of carbonyl (C=O) groups is 1. The number of nitrogens with zero attached hydrogens (tertiary/aromatic N) is 3. The first-order valence-corrected chi connectivity index (χ1v) is 11.5. The molecule has 0 bridgehead atoms. The van der Waals surface area contributed by atoms with E-state index in [0.29, 0.717) is 28.5 Å². The van der Waals surface area contributed by atoms with Crippen LogP contribution in [0.1, 0.15) is 40.5 Å². The SMILES string of the molecule is CCN(CC)Cc1cc2nccc(Oc3ccc(NC(=O)c4c(C)noc4C)cc3F)c2s1. The second kappa shape index (κ2) is 9.68. The number of nitrogens with one attached hydrogen (secondary N) is 1. The average Bonchev–Trinajstić information content (AvgIpc) is 3.36. The Morgan fingerprint density at radius 1 is 1.18 bits per heavy atom. The largest absolute Gasteiger partial charge is 0.453 e. The molecule has 0 aliphatic rings. The van der Waals surface area contributed by atoms with Gasteiger partial charge in [-0.2, -0.15) is 0 Å². The molecule has 0 saturated heterocycles. The van der Waals surface area contributed by atoms with Crippen molar-refractivity contribution in [2.45, 2.75) is 34.2 Å². The van der Waals surface area contributed by atoms with Crippen molar-refractivity contribution in [1.82, 2.24) is 15.0 Å². The van der Waals surface area contributed by atoms with Crippen molar-refractivity contribution in [3.8, 4) is 11.5 Å². The summed E-state index contributed by atoms with van der Waals surface area (Å²) in [6.07, 6.45) is 1.65. The highest BCUT2D eigenvalue weighted by Gasteiger charge is 2.19. The highest BCUT2D eigenvalue weighted by molar-refractivity contribution is 7.19. The molecule has 172 valence electrons. The summed E-state index contributed by atoms with van der Waals surface area (Å²) >= 11 is 1.60. The minimum absolute atomic E-state index is 0.0662. The van der Waals surface area contributed by atoms with Gasteiger partial charge in [0.05, 0.1) is 15.9 Å². The fraction of sp³-hybridized carbons (Fsp3) is 0.292. The van der Waals surface area contributed by atoms with Gasteiger partial charge in [-0.3, -0.25) is 14.7 Å². The Balaban J connectivity index is 1.53. The Bertz CT molecular complexity index is 1280. The Morgan fingerprint density at radius 3 is 2.64 bits per heavy atom. The minimum atomic E-state index is -0.587. The molecule has 4 rings (SSSR count). The van der Waals surface area contributed by atoms with Crippen molar-refractivity contribution in [3.63, 3.8) is 0 Å². The number of amides is 1. The van der Waals surface area contributed by atoms with Gasteiger partial charge in [-0.1, -0.05) is 19.0 Å². The number of aryl methyl sites for hydroxylation is 2. The molecule has 0 spiro atoms. The molecule has 0 aliphatic carbocycles. The number of benzene rings is 1. The van der Waals surface area contributed by atoms with Gasteiger partial charge in [0.2, 0.25) is 0 Å². The lowest BCUT2D eigenvalue weighted by atomic mass is 10.2. The number of pyridine rings is 1. The van der Waals surface area contributed by atoms with Gasteiger partial charge in [-0.25, -0.2) is 4.39 Å². The lowest BCUT2D eigenvalue weighted by Gasteiger charge is -2.16. The second-order valence-electron chi connectivity index (χ2n) is 7.60. The Labute approximate surface area is 195 Å². The Hall–Kier alpha value is -3.30. The number of rotatable bonds is 8. The first kappa shape index (κ1) is 22.9. The van der Waals surface area contributed by atoms with Gasteiger partial charge in [0, 0.05) is 35.4 Å². The van der Waals surface area contributed by atoms with E-state index in [9.17, 15) is 9.18 Å². The third-order valence-corrected chi connectivity index (χ3v) is 6.49. The number of hydrogen-bond donors (Lipinski definition) is 1. The molecule has 1 aromatic carbocycles. The third-order valence-electron chi connectivity index (χ3n) is 5.37. The number of hydrogen-bond acceptors (Lipinski definition) is 7. The first-order chi connectivity index (χ1) is 15.9. The van der Waals surface area contributed by atoms with E-state index in [1.807, 2.05) is 0 Å². The van der Waals surface area contributed by atoms with Crippen LogP contribution in [-0.4, -0.2) is 34.0 Å². The standard InChI is InChI=1S/C24H25FN4O3S/c1-5-29(6-2)13-17-12-19-23(33-17)21(9-10-26-19)31-20-8-7-16(11-18(20)25)27-24(30)22-14(3)28-32-15(22)4/h7-12H,5-6,13H2,1-4H3,(H,27,30). The van der Waals surface area contributed by atoms with E-state index in [1.165, 1.54) is 17.0 Å². The van der Waals surface area contributed by atoms with Crippen LogP contribution in [-0.2, 0) is 6.54 Å². The number of halogens is 1. The first-order valence-electron chi connectivity index (χ1n) is 10.7. The van der Waals surface area contributed by atoms with Crippen molar-refractivity contribution < 1.29 is 18.4 Å². The number of fused-ring (bicyclic) bond motifs is 1. The maximum absolute atomic E-state index is 14.8. The summed E-state index contributed by atoms with van der Waals surface area (Å²) in [5.41, 5.74) is 1.95. The molecule has 0 saturated carbocycles. The fourth-order valence-corrected chi connectivity index (χ4v) is 4.68. The van der Waals surface area contributed by atoms with Gasteiger partial charge < -0.3 is 14.6 Å². The van der Waals surface area contributed by atoms with Crippen LogP contribution >= 0.6 is 11.3 Å². The molecule has 1 N–H and O–H groups in total. The summed E-state index contributed by atoms with van der Waals surface area (Å²) in [5.74, 6) is 0.0214. The van der Waals surface area contributed by atoms with Crippen LogP contribution in [0.2, 0.25) is 0 Å². The molecular formula is C24H25FN4O3S. The van der Waals surface area contributed by atoms with E-state index in [2.05, 4.69) is 40.3 Å². The van der Waals surface area contributed by atoms with Gasteiger partial charge in [0.25, 0.3) is 5.91 Å². The summed E-state index contributed by atoms with van der Waals surface area (Å²) in [5, 5.41) is 6.45. The zero-order chi connectivity index (χ0) is 23.5.